The van der Waals surface area contributed by atoms with E-state index >= 15 is 0 Å². The van der Waals surface area contributed by atoms with Crippen LogP contribution >= 0.6 is 0 Å². The summed E-state index contributed by atoms with van der Waals surface area (Å²) in [4.78, 5) is 26.6. The average molecular weight is 345 g/mol. The molecular weight excluding hydrogens is 318 g/mol. The summed E-state index contributed by atoms with van der Waals surface area (Å²) >= 11 is 0. The van der Waals surface area contributed by atoms with E-state index in [4.69, 9.17) is 4.74 Å². The molecule has 0 aromatic heterocycles. The van der Waals surface area contributed by atoms with Crippen molar-refractivity contribution in [2.75, 3.05) is 33.3 Å². The Balaban J connectivity index is 1.73. The molecule has 2 fully saturated rings. The number of likely N-dealkylation sites (N-methyl/N-ethyl adjacent to an activating group) is 1. The molecule has 2 atom stereocenters. The zero-order chi connectivity index (χ0) is 17.8. The summed E-state index contributed by atoms with van der Waals surface area (Å²) in [5, 5.41) is 6.38. The van der Waals surface area contributed by atoms with Gasteiger partial charge in [0.1, 0.15) is 6.61 Å². The molecule has 3 rings (SSSR count). The monoisotopic (exact) mass is 345 g/mol. The number of hydrogen-bond acceptors (Lipinski definition) is 4. The number of ether oxygens (including phenoxy) is 1. The Bertz CT molecular complexity index is 628. The summed E-state index contributed by atoms with van der Waals surface area (Å²) < 4.78 is 5.67. The maximum atomic E-state index is 12.8. The minimum atomic E-state index is -0.675. The van der Waals surface area contributed by atoms with Crippen LogP contribution in [-0.4, -0.2) is 56.1 Å². The van der Waals surface area contributed by atoms with Crippen LogP contribution in [0.5, 0.6) is 0 Å². The predicted octanol–water partition coefficient (Wildman–Crippen LogP) is 1.01. The van der Waals surface area contributed by atoms with Gasteiger partial charge in [-0.2, -0.15) is 0 Å². The Morgan fingerprint density at radius 1 is 1.32 bits per heavy atom. The van der Waals surface area contributed by atoms with E-state index in [0.717, 1.165) is 37.1 Å². The number of benzene rings is 1. The largest absolute Gasteiger partial charge is 0.356 e. The maximum Gasteiger partial charge on any atom is 0.251 e. The molecule has 2 N–H and O–H groups in total. The Hall–Kier alpha value is -1.92. The Morgan fingerprint density at radius 2 is 2.04 bits per heavy atom. The van der Waals surface area contributed by atoms with Gasteiger partial charge < -0.3 is 20.3 Å². The average Bonchev–Trinajstić information content (AvgIpc) is 2.63. The first-order chi connectivity index (χ1) is 12.1. The van der Waals surface area contributed by atoms with Crippen molar-refractivity contribution >= 4 is 11.8 Å². The van der Waals surface area contributed by atoms with E-state index in [-0.39, 0.29) is 18.4 Å². The van der Waals surface area contributed by atoms with E-state index in [2.05, 4.69) is 10.6 Å². The number of nitrogens with one attached hydrogen (secondary N) is 2. The summed E-state index contributed by atoms with van der Waals surface area (Å²) in [6, 6.07) is 7.45. The summed E-state index contributed by atoms with van der Waals surface area (Å²) in [6.45, 7) is 4.61. The molecule has 0 spiro atoms. The van der Waals surface area contributed by atoms with E-state index in [1.165, 1.54) is 0 Å². The highest BCUT2D eigenvalue weighted by Crippen LogP contribution is 2.31. The van der Waals surface area contributed by atoms with Crippen molar-refractivity contribution in [1.82, 2.24) is 15.5 Å². The lowest BCUT2D eigenvalue weighted by Gasteiger charge is -2.39. The van der Waals surface area contributed by atoms with Gasteiger partial charge in [0.25, 0.3) is 5.91 Å². The molecule has 6 nitrogen and oxygen atoms in total. The van der Waals surface area contributed by atoms with Gasteiger partial charge in [-0.1, -0.05) is 24.3 Å². The van der Waals surface area contributed by atoms with Crippen molar-refractivity contribution in [2.45, 2.75) is 31.9 Å². The number of piperidine rings is 1. The number of carbonyl (C=O) groups excluding carboxylic acids is 2. The van der Waals surface area contributed by atoms with Gasteiger partial charge in [0.05, 0.1) is 6.04 Å². The SMILES string of the molecule is Cc1ccccc1[C@@H]1[C@@H](C(=O)NCC2CCNCC2)OCC(=O)N1C. The van der Waals surface area contributed by atoms with Crippen LogP contribution in [0.2, 0.25) is 0 Å². The molecule has 136 valence electrons. The molecule has 0 bridgehead atoms. The summed E-state index contributed by atoms with van der Waals surface area (Å²) in [5.41, 5.74) is 2.01. The van der Waals surface area contributed by atoms with Crippen molar-refractivity contribution in [2.24, 2.45) is 5.92 Å². The second-order valence-corrected chi connectivity index (χ2v) is 6.98. The third kappa shape index (κ3) is 4.02. The highest BCUT2D eigenvalue weighted by Gasteiger charge is 2.40. The number of hydrogen-bond donors (Lipinski definition) is 2. The Labute approximate surface area is 148 Å². The second kappa shape index (κ2) is 7.97. The fraction of sp³-hybridized carbons (Fsp3) is 0.579. The molecule has 0 aliphatic carbocycles. The predicted molar refractivity (Wildman–Crippen MR) is 95.0 cm³/mol. The lowest BCUT2D eigenvalue weighted by Crippen LogP contribution is -2.53. The fourth-order valence-corrected chi connectivity index (χ4v) is 3.65. The minimum absolute atomic E-state index is 0.0513. The lowest BCUT2D eigenvalue weighted by atomic mass is 9.93. The summed E-state index contributed by atoms with van der Waals surface area (Å²) in [5.74, 6) is 0.270. The van der Waals surface area contributed by atoms with Crippen molar-refractivity contribution in [3.05, 3.63) is 35.4 Å². The van der Waals surface area contributed by atoms with Crippen LogP contribution in [0, 0.1) is 12.8 Å². The van der Waals surface area contributed by atoms with Crippen molar-refractivity contribution in [3.63, 3.8) is 0 Å². The van der Waals surface area contributed by atoms with E-state index in [0.29, 0.717) is 12.5 Å². The first kappa shape index (κ1) is 17.9. The van der Waals surface area contributed by atoms with Gasteiger partial charge in [-0.05, 0) is 49.9 Å². The lowest BCUT2D eigenvalue weighted by molar-refractivity contribution is -0.162. The molecular formula is C19H27N3O3. The van der Waals surface area contributed by atoms with Gasteiger partial charge >= 0.3 is 0 Å². The molecule has 0 saturated carbocycles. The Morgan fingerprint density at radius 3 is 2.76 bits per heavy atom. The smallest absolute Gasteiger partial charge is 0.251 e. The number of morpholine rings is 1. The third-order valence-corrected chi connectivity index (χ3v) is 5.27. The molecule has 2 amide bonds. The van der Waals surface area contributed by atoms with Crippen molar-refractivity contribution < 1.29 is 14.3 Å². The van der Waals surface area contributed by atoms with Crippen LogP contribution in [0.25, 0.3) is 0 Å². The van der Waals surface area contributed by atoms with E-state index < -0.39 is 12.1 Å². The zero-order valence-corrected chi connectivity index (χ0v) is 15.0. The standard InChI is InChI=1S/C19H27N3O3/c1-13-5-3-4-6-15(13)17-18(25-12-16(23)22(17)2)19(24)21-11-14-7-9-20-10-8-14/h3-6,14,17-18,20H,7-12H2,1-2H3,(H,21,24)/t17-,18+/m1/s1. The highest BCUT2D eigenvalue weighted by atomic mass is 16.5. The molecule has 2 heterocycles. The van der Waals surface area contributed by atoms with Crippen LogP contribution in [-0.2, 0) is 14.3 Å². The first-order valence-electron chi connectivity index (χ1n) is 8.99. The normalized spacial score (nSPS) is 25.0. The molecule has 0 radical (unpaired) electrons. The molecule has 2 aliphatic rings. The van der Waals surface area contributed by atoms with Gasteiger partial charge in [-0.25, -0.2) is 0 Å². The van der Waals surface area contributed by atoms with E-state index in [9.17, 15) is 9.59 Å². The second-order valence-electron chi connectivity index (χ2n) is 6.98. The zero-order valence-electron chi connectivity index (χ0n) is 15.0. The summed E-state index contributed by atoms with van der Waals surface area (Å²) in [6.07, 6.45) is 1.47. The van der Waals surface area contributed by atoms with Gasteiger partial charge in [-0.3, -0.25) is 9.59 Å². The number of rotatable bonds is 4. The van der Waals surface area contributed by atoms with Crippen molar-refractivity contribution in [1.29, 1.82) is 0 Å². The van der Waals surface area contributed by atoms with Gasteiger partial charge in [0.2, 0.25) is 5.91 Å². The maximum absolute atomic E-state index is 12.8. The first-order valence-corrected chi connectivity index (χ1v) is 8.99. The number of amides is 2. The molecule has 1 aromatic carbocycles. The number of nitrogens with zero attached hydrogens (tertiary/aromatic N) is 1. The van der Waals surface area contributed by atoms with E-state index in [1.807, 2.05) is 31.2 Å². The molecule has 6 heteroatoms. The van der Waals surface area contributed by atoms with Crippen LogP contribution in [0.4, 0.5) is 0 Å². The van der Waals surface area contributed by atoms with Gasteiger partial charge in [-0.15, -0.1) is 0 Å². The van der Waals surface area contributed by atoms with Crippen LogP contribution in [0.1, 0.15) is 30.0 Å². The van der Waals surface area contributed by atoms with Crippen LogP contribution in [0.3, 0.4) is 0 Å². The number of carbonyl (C=O) groups is 2. The van der Waals surface area contributed by atoms with Gasteiger partial charge in [0.15, 0.2) is 6.10 Å². The Kier molecular flexibility index (Phi) is 5.71. The molecule has 0 unspecified atom stereocenters. The quantitative estimate of drug-likeness (QED) is 0.854. The third-order valence-electron chi connectivity index (χ3n) is 5.27. The van der Waals surface area contributed by atoms with Crippen LogP contribution in [0.15, 0.2) is 24.3 Å². The highest BCUT2D eigenvalue weighted by molar-refractivity contribution is 5.86. The fourth-order valence-electron chi connectivity index (χ4n) is 3.65. The molecule has 2 aliphatic heterocycles. The van der Waals surface area contributed by atoms with Crippen molar-refractivity contribution in [3.8, 4) is 0 Å². The molecule has 2 saturated heterocycles. The molecule has 25 heavy (non-hydrogen) atoms. The van der Waals surface area contributed by atoms with E-state index in [1.54, 1.807) is 11.9 Å². The van der Waals surface area contributed by atoms with Gasteiger partial charge in [0, 0.05) is 13.6 Å². The molecule has 1 aromatic rings. The summed E-state index contributed by atoms with van der Waals surface area (Å²) in [7, 11) is 1.75. The minimum Gasteiger partial charge on any atom is -0.356 e. The topological polar surface area (TPSA) is 70.7 Å². The number of aryl methyl sites for hydroxylation is 1. The van der Waals surface area contributed by atoms with Crippen LogP contribution < -0.4 is 10.6 Å².